The zero-order chi connectivity index (χ0) is 11.4. The number of sulfonamides is 1. The highest BCUT2D eigenvalue weighted by atomic mass is 32.2. The van der Waals surface area contributed by atoms with Gasteiger partial charge in [-0.1, -0.05) is 0 Å². The highest BCUT2D eigenvalue weighted by molar-refractivity contribution is 7.89. The summed E-state index contributed by atoms with van der Waals surface area (Å²) >= 11 is 0. The summed E-state index contributed by atoms with van der Waals surface area (Å²) in [5.41, 5.74) is 4.91. The molecule has 84 valence electrons. The molecule has 0 fully saturated rings. The monoisotopic (exact) mass is 224 g/mol. The summed E-state index contributed by atoms with van der Waals surface area (Å²) in [5.74, 6) is -1.55. The van der Waals surface area contributed by atoms with E-state index in [9.17, 15) is 13.2 Å². The van der Waals surface area contributed by atoms with Crippen molar-refractivity contribution in [3.8, 4) is 0 Å². The van der Waals surface area contributed by atoms with Gasteiger partial charge in [0.05, 0.1) is 12.2 Å². The van der Waals surface area contributed by atoms with Gasteiger partial charge in [0.1, 0.15) is 0 Å². The maximum Gasteiger partial charge on any atom is 0.304 e. The van der Waals surface area contributed by atoms with Crippen molar-refractivity contribution in [2.24, 2.45) is 5.73 Å². The second kappa shape index (κ2) is 4.72. The van der Waals surface area contributed by atoms with Crippen LogP contribution in [-0.4, -0.2) is 37.3 Å². The molecule has 0 saturated carbocycles. The van der Waals surface area contributed by atoms with E-state index in [4.69, 9.17) is 10.8 Å². The molecule has 0 atom stereocenters. The van der Waals surface area contributed by atoms with Crippen molar-refractivity contribution < 1.29 is 18.3 Å². The van der Waals surface area contributed by atoms with Crippen LogP contribution in [0.1, 0.15) is 20.3 Å². The van der Waals surface area contributed by atoms with Crippen LogP contribution in [0.25, 0.3) is 0 Å². The highest BCUT2D eigenvalue weighted by Crippen LogP contribution is 1.96. The van der Waals surface area contributed by atoms with E-state index in [0.717, 1.165) is 0 Å². The lowest BCUT2D eigenvalue weighted by atomic mass is 10.1. The van der Waals surface area contributed by atoms with Gasteiger partial charge in [-0.25, -0.2) is 13.1 Å². The summed E-state index contributed by atoms with van der Waals surface area (Å²) in [7, 11) is -3.52. The minimum atomic E-state index is -3.52. The molecular formula is C7H16N2O4S. The van der Waals surface area contributed by atoms with E-state index < -0.39 is 33.7 Å². The third-order valence-electron chi connectivity index (χ3n) is 1.33. The smallest absolute Gasteiger partial charge is 0.304 e. The Labute approximate surface area is 83.5 Å². The molecule has 7 heteroatoms. The second-order valence-electron chi connectivity index (χ2n) is 3.77. The van der Waals surface area contributed by atoms with Crippen LogP contribution in [-0.2, 0) is 14.8 Å². The fraction of sp³-hybridized carbons (Fsp3) is 0.857. The Morgan fingerprint density at radius 1 is 1.50 bits per heavy atom. The number of aliphatic carboxylic acids is 1. The van der Waals surface area contributed by atoms with Gasteiger partial charge in [-0.15, -0.1) is 0 Å². The molecule has 6 nitrogen and oxygen atoms in total. The average Bonchev–Trinajstić information content (AvgIpc) is 1.97. The number of rotatable bonds is 6. The van der Waals surface area contributed by atoms with Gasteiger partial charge in [-0.05, 0) is 13.8 Å². The first-order valence-corrected chi connectivity index (χ1v) is 5.76. The number of carboxylic acids is 1. The summed E-state index contributed by atoms with van der Waals surface area (Å²) in [6, 6.07) is 0. The van der Waals surface area contributed by atoms with E-state index in [1.807, 2.05) is 0 Å². The quantitative estimate of drug-likeness (QED) is 0.542. The molecule has 0 aliphatic heterocycles. The minimum Gasteiger partial charge on any atom is -0.481 e. The van der Waals surface area contributed by atoms with Crippen molar-refractivity contribution >= 4 is 16.0 Å². The molecule has 0 rings (SSSR count). The Morgan fingerprint density at radius 3 is 2.36 bits per heavy atom. The lowest BCUT2D eigenvalue weighted by Gasteiger charge is -2.18. The Bertz CT molecular complexity index is 291. The number of carboxylic acid groups (broad SMARTS) is 1. The van der Waals surface area contributed by atoms with Crippen molar-refractivity contribution in [2.45, 2.75) is 25.8 Å². The molecule has 4 N–H and O–H groups in total. The molecule has 0 unspecified atom stereocenters. The van der Waals surface area contributed by atoms with Gasteiger partial charge in [0.2, 0.25) is 10.0 Å². The second-order valence-corrected chi connectivity index (χ2v) is 5.70. The SMILES string of the molecule is CC(C)(N)CNS(=O)(=O)CCC(=O)O. The van der Waals surface area contributed by atoms with Crippen molar-refractivity contribution in [1.29, 1.82) is 0 Å². The molecule has 14 heavy (non-hydrogen) atoms. The van der Waals surface area contributed by atoms with Crippen molar-refractivity contribution in [3.63, 3.8) is 0 Å². The van der Waals surface area contributed by atoms with Gasteiger partial charge in [0, 0.05) is 12.1 Å². The summed E-state index contributed by atoms with van der Waals surface area (Å²) in [6.45, 7) is 3.44. The van der Waals surface area contributed by atoms with Crippen LogP contribution in [0, 0.1) is 0 Å². The van der Waals surface area contributed by atoms with Crippen LogP contribution in [0.5, 0.6) is 0 Å². The molecule has 0 amide bonds. The molecule has 0 saturated heterocycles. The van der Waals surface area contributed by atoms with E-state index in [1.165, 1.54) is 0 Å². The summed E-state index contributed by atoms with van der Waals surface area (Å²) in [5, 5.41) is 8.29. The summed E-state index contributed by atoms with van der Waals surface area (Å²) in [6.07, 6.45) is -0.402. The zero-order valence-corrected chi connectivity index (χ0v) is 9.10. The molecule has 0 bridgehead atoms. The van der Waals surface area contributed by atoms with Gasteiger partial charge in [-0.3, -0.25) is 4.79 Å². The van der Waals surface area contributed by atoms with Gasteiger partial charge in [0.25, 0.3) is 0 Å². The van der Waals surface area contributed by atoms with Crippen LogP contribution in [0.4, 0.5) is 0 Å². The predicted molar refractivity (Wildman–Crippen MR) is 52.3 cm³/mol. The fourth-order valence-corrected chi connectivity index (χ4v) is 1.77. The van der Waals surface area contributed by atoms with Gasteiger partial charge in [-0.2, -0.15) is 0 Å². The van der Waals surface area contributed by atoms with Crippen LogP contribution in [0.3, 0.4) is 0 Å². The normalized spacial score (nSPS) is 12.8. The van der Waals surface area contributed by atoms with Crippen LogP contribution >= 0.6 is 0 Å². The Balaban J connectivity index is 4.03. The largest absolute Gasteiger partial charge is 0.481 e. The van der Waals surface area contributed by atoms with Crippen LogP contribution in [0.15, 0.2) is 0 Å². The first kappa shape index (κ1) is 13.3. The maximum atomic E-state index is 11.2. The molecular weight excluding hydrogens is 208 g/mol. The number of hydrogen-bond donors (Lipinski definition) is 3. The third kappa shape index (κ3) is 7.96. The van der Waals surface area contributed by atoms with Gasteiger partial charge < -0.3 is 10.8 Å². The fourth-order valence-electron chi connectivity index (χ4n) is 0.590. The van der Waals surface area contributed by atoms with E-state index in [2.05, 4.69) is 4.72 Å². The molecule has 0 aromatic heterocycles. The standard InChI is InChI=1S/C7H16N2O4S/c1-7(2,8)5-9-14(12,13)4-3-6(10)11/h9H,3-5,8H2,1-2H3,(H,10,11). The first-order chi connectivity index (χ1) is 6.12. The lowest BCUT2D eigenvalue weighted by molar-refractivity contribution is -0.136. The summed E-state index contributed by atoms with van der Waals surface area (Å²) < 4.78 is 24.5. The zero-order valence-electron chi connectivity index (χ0n) is 8.28. The molecule has 0 heterocycles. The number of carbonyl (C=O) groups is 1. The number of nitrogens with one attached hydrogen (secondary N) is 1. The number of nitrogens with two attached hydrogens (primary N) is 1. The van der Waals surface area contributed by atoms with Crippen molar-refractivity contribution in [1.82, 2.24) is 4.72 Å². The molecule has 0 aliphatic carbocycles. The first-order valence-electron chi connectivity index (χ1n) is 4.10. The van der Waals surface area contributed by atoms with E-state index in [-0.39, 0.29) is 6.54 Å². The van der Waals surface area contributed by atoms with Gasteiger partial charge >= 0.3 is 5.97 Å². The van der Waals surface area contributed by atoms with Crippen LogP contribution in [0.2, 0.25) is 0 Å². The third-order valence-corrected chi connectivity index (χ3v) is 2.66. The Morgan fingerprint density at radius 2 is 2.00 bits per heavy atom. The average molecular weight is 224 g/mol. The maximum absolute atomic E-state index is 11.2. The molecule has 0 aliphatic rings. The molecule has 0 spiro atoms. The lowest BCUT2D eigenvalue weighted by Crippen LogP contribution is -2.45. The van der Waals surface area contributed by atoms with E-state index in [0.29, 0.717) is 0 Å². The van der Waals surface area contributed by atoms with E-state index in [1.54, 1.807) is 13.8 Å². The minimum absolute atomic E-state index is 0.0922. The van der Waals surface area contributed by atoms with Crippen molar-refractivity contribution in [3.05, 3.63) is 0 Å². The molecule has 0 aromatic carbocycles. The topological polar surface area (TPSA) is 109 Å². The van der Waals surface area contributed by atoms with E-state index >= 15 is 0 Å². The van der Waals surface area contributed by atoms with Gasteiger partial charge in [0.15, 0.2) is 0 Å². The highest BCUT2D eigenvalue weighted by Gasteiger charge is 2.17. The van der Waals surface area contributed by atoms with Crippen molar-refractivity contribution in [2.75, 3.05) is 12.3 Å². The Kier molecular flexibility index (Phi) is 4.50. The molecule has 0 aromatic rings. The molecule has 0 radical (unpaired) electrons. The Hall–Kier alpha value is -0.660. The predicted octanol–water partition coefficient (Wildman–Crippen LogP) is -0.882. The summed E-state index contributed by atoms with van der Waals surface area (Å²) in [4.78, 5) is 10.1. The van der Waals surface area contributed by atoms with Crippen LogP contribution < -0.4 is 10.5 Å². The number of hydrogen-bond acceptors (Lipinski definition) is 4.